The molecule has 2 aromatic heterocycles. The van der Waals surface area contributed by atoms with Crippen molar-refractivity contribution in [2.24, 2.45) is 0 Å². The van der Waals surface area contributed by atoms with Gasteiger partial charge in [-0.15, -0.1) is 5.10 Å². The first kappa shape index (κ1) is 31.8. The molecular weight excluding hydrogens is 608 g/mol. The number of methoxy groups -OCH3 is 3. The molecule has 0 spiro atoms. The summed E-state index contributed by atoms with van der Waals surface area (Å²) in [5.41, 5.74) is 2.88. The monoisotopic (exact) mass is 644 g/mol. The number of morpholine rings is 1. The summed E-state index contributed by atoms with van der Waals surface area (Å²) < 4.78 is 50.9. The predicted molar refractivity (Wildman–Crippen MR) is 170 cm³/mol. The van der Waals surface area contributed by atoms with Crippen LogP contribution in [0.25, 0.3) is 16.6 Å². The molecule has 0 amide bonds. The fourth-order valence-corrected chi connectivity index (χ4v) is 6.03. The molecule has 0 saturated carbocycles. The number of hydrogen-bond donors (Lipinski definition) is 1. The zero-order chi connectivity index (χ0) is 31.3. The number of fused-ring (bicyclic) bond motifs is 1. The SMILES string of the molecule is COc1ccc(CN(Cc2ccc(-n3nc(NCCN4CCOCC4)c4cnc(Cl)cc43)c(OC)c2)S(C)(=O)=O)c(OC)c1. The Kier molecular flexibility index (Phi) is 10.1. The second kappa shape index (κ2) is 14.0. The van der Waals surface area contributed by atoms with Crippen molar-refractivity contribution in [3.63, 3.8) is 0 Å². The molecular formula is C30H37ClN6O6S. The van der Waals surface area contributed by atoms with Crippen molar-refractivity contribution in [3.8, 4) is 22.9 Å². The van der Waals surface area contributed by atoms with E-state index in [1.54, 1.807) is 56.5 Å². The van der Waals surface area contributed by atoms with Crippen molar-refractivity contribution in [3.05, 3.63) is 64.9 Å². The van der Waals surface area contributed by atoms with E-state index in [2.05, 4.69) is 15.2 Å². The molecule has 1 aliphatic rings. The largest absolute Gasteiger partial charge is 0.497 e. The first-order valence-electron chi connectivity index (χ1n) is 14.1. The number of ether oxygens (including phenoxy) is 4. The molecule has 5 rings (SSSR count). The van der Waals surface area contributed by atoms with Crippen molar-refractivity contribution < 1.29 is 27.4 Å². The van der Waals surface area contributed by atoms with Gasteiger partial charge in [-0.1, -0.05) is 23.7 Å². The zero-order valence-corrected chi connectivity index (χ0v) is 26.8. The minimum absolute atomic E-state index is 0.116. The van der Waals surface area contributed by atoms with Crippen LogP contribution in [-0.4, -0.2) is 99.4 Å². The van der Waals surface area contributed by atoms with Crippen LogP contribution in [0.15, 0.2) is 48.7 Å². The van der Waals surface area contributed by atoms with E-state index in [-0.39, 0.29) is 13.1 Å². The number of halogens is 1. The Labute approximate surface area is 262 Å². The van der Waals surface area contributed by atoms with Gasteiger partial charge in [0.2, 0.25) is 10.0 Å². The van der Waals surface area contributed by atoms with Gasteiger partial charge >= 0.3 is 0 Å². The standard InChI is InChI=1S/C30H37ClN6O6S/c1-40-23-7-6-22(27(16-23)41-2)20-36(44(4,38)39)19-21-5-8-25(28(15-21)42-3)37-26-17-29(31)33-18-24(26)30(34-37)32-9-10-35-11-13-43-14-12-35/h5-8,15-18H,9-14,19-20H2,1-4H3,(H,32,34). The van der Waals surface area contributed by atoms with Crippen LogP contribution in [0.3, 0.4) is 0 Å². The lowest BCUT2D eigenvalue weighted by atomic mass is 10.1. The third-order valence-corrected chi connectivity index (χ3v) is 8.90. The first-order chi connectivity index (χ1) is 21.2. The molecule has 12 nitrogen and oxygen atoms in total. The molecule has 14 heteroatoms. The summed E-state index contributed by atoms with van der Waals surface area (Å²) in [4.78, 5) is 6.62. The molecule has 4 aromatic rings. The summed E-state index contributed by atoms with van der Waals surface area (Å²) in [6, 6.07) is 12.6. The molecule has 1 N–H and O–H groups in total. The number of nitrogens with zero attached hydrogens (tertiary/aromatic N) is 5. The fourth-order valence-electron chi connectivity index (χ4n) is 5.12. The Morgan fingerprint density at radius 2 is 1.77 bits per heavy atom. The van der Waals surface area contributed by atoms with E-state index < -0.39 is 10.0 Å². The highest BCUT2D eigenvalue weighted by Crippen LogP contribution is 2.33. The van der Waals surface area contributed by atoms with Gasteiger partial charge in [-0.25, -0.2) is 18.1 Å². The maximum Gasteiger partial charge on any atom is 0.211 e. The summed E-state index contributed by atoms with van der Waals surface area (Å²) in [6.07, 6.45) is 2.90. The molecule has 0 bridgehead atoms. The summed E-state index contributed by atoms with van der Waals surface area (Å²) >= 11 is 6.30. The van der Waals surface area contributed by atoms with Crippen LogP contribution in [0, 0.1) is 0 Å². The van der Waals surface area contributed by atoms with Crippen LogP contribution in [0.5, 0.6) is 17.2 Å². The highest BCUT2D eigenvalue weighted by molar-refractivity contribution is 7.88. The molecule has 2 aromatic carbocycles. The first-order valence-corrected chi connectivity index (χ1v) is 16.3. The number of aromatic nitrogens is 3. The fraction of sp³-hybridized carbons (Fsp3) is 0.400. The lowest BCUT2D eigenvalue weighted by molar-refractivity contribution is 0.0398. The molecule has 1 saturated heterocycles. The lowest BCUT2D eigenvalue weighted by Gasteiger charge is -2.26. The average molecular weight is 645 g/mol. The van der Waals surface area contributed by atoms with Gasteiger partial charge in [0.15, 0.2) is 5.82 Å². The van der Waals surface area contributed by atoms with Crippen LogP contribution < -0.4 is 19.5 Å². The Hall–Kier alpha value is -3.62. The maximum absolute atomic E-state index is 12.9. The minimum atomic E-state index is -3.58. The third-order valence-electron chi connectivity index (χ3n) is 7.50. The van der Waals surface area contributed by atoms with Gasteiger partial charge in [0.1, 0.15) is 28.1 Å². The van der Waals surface area contributed by atoms with E-state index in [4.69, 9.17) is 35.6 Å². The number of sulfonamides is 1. The topological polar surface area (TPSA) is 120 Å². The summed E-state index contributed by atoms with van der Waals surface area (Å²) in [6.45, 7) is 5.09. The van der Waals surface area contributed by atoms with Crippen LogP contribution >= 0.6 is 11.6 Å². The van der Waals surface area contributed by atoms with Crippen molar-refractivity contribution in [2.45, 2.75) is 13.1 Å². The average Bonchev–Trinajstić information content (AvgIpc) is 3.37. The smallest absolute Gasteiger partial charge is 0.211 e. The van der Waals surface area contributed by atoms with E-state index in [0.29, 0.717) is 46.0 Å². The van der Waals surface area contributed by atoms with Gasteiger partial charge < -0.3 is 24.3 Å². The molecule has 236 valence electrons. The van der Waals surface area contributed by atoms with E-state index >= 15 is 0 Å². The summed E-state index contributed by atoms with van der Waals surface area (Å²) in [5.74, 6) is 2.37. The number of pyridine rings is 1. The Morgan fingerprint density at radius 1 is 1.00 bits per heavy atom. The lowest BCUT2D eigenvalue weighted by Crippen LogP contribution is -2.39. The van der Waals surface area contributed by atoms with Gasteiger partial charge in [0.25, 0.3) is 0 Å². The normalized spacial score (nSPS) is 14.2. The van der Waals surface area contributed by atoms with E-state index in [9.17, 15) is 8.42 Å². The highest BCUT2D eigenvalue weighted by atomic mass is 35.5. The second-order valence-electron chi connectivity index (χ2n) is 10.4. The van der Waals surface area contributed by atoms with Crippen LogP contribution in [0.4, 0.5) is 5.82 Å². The maximum atomic E-state index is 12.9. The van der Waals surface area contributed by atoms with Gasteiger partial charge in [0, 0.05) is 63.2 Å². The van der Waals surface area contributed by atoms with E-state index in [1.807, 2.05) is 18.2 Å². The Morgan fingerprint density at radius 3 is 2.48 bits per heavy atom. The molecule has 0 unspecified atom stereocenters. The molecule has 0 radical (unpaired) electrons. The van der Waals surface area contributed by atoms with Crippen molar-refractivity contribution in [1.82, 2.24) is 24.0 Å². The van der Waals surface area contributed by atoms with Crippen molar-refractivity contribution in [1.29, 1.82) is 0 Å². The second-order valence-corrected chi connectivity index (χ2v) is 12.8. The van der Waals surface area contributed by atoms with E-state index in [0.717, 1.165) is 49.3 Å². The number of nitrogens with one attached hydrogen (secondary N) is 1. The summed E-state index contributed by atoms with van der Waals surface area (Å²) in [5, 5.41) is 9.47. The third kappa shape index (κ3) is 7.36. The van der Waals surface area contributed by atoms with Crippen LogP contribution in [0.1, 0.15) is 11.1 Å². The Balaban J connectivity index is 1.42. The van der Waals surface area contributed by atoms with Crippen molar-refractivity contribution >= 4 is 38.3 Å². The van der Waals surface area contributed by atoms with E-state index in [1.165, 1.54) is 10.6 Å². The number of hydrogen-bond acceptors (Lipinski definition) is 10. The number of benzene rings is 2. The van der Waals surface area contributed by atoms with Gasteiger partial charge in [-0.2, -0.15) is 4.31 Å². The minimum Gasteiger partial charge on any atom is -0.497 e. The van der Waals surface area contributed by atoms with Gasteiger partial charge in [-0.3, -0.25) is 4.90 Å². The number of anilines is 1. The zero-order valence-electron chi connectivity index (χ0n) is 25.2. The predicted octanol–water partition coefficient (Wildman–Crippen LogP) is 3.81. The molecule has 3 heterocycles. The molecule has 44 heavy (non-hydrogen) atoms. The molecule has 0 aliphatic carbocycles. The van der Waals surface area contributed by atoms with Gasteiger partial charge in [0.05, 0.1) is 51.7 Å². The summed E-state index contributed by atoms with van der Waals surface area (Å²) in [7, 11) is 1.09. The Bertz CT molecular complexity index is 1710. The van der Waals surface area contributed by atoms with Crippen molar-refractivity contribution in [2.75, 3.05) is 72.3 Å². The number of rotatable bonds is 13. The molecule has 1 aliphatic heterocycles. The molecule has 0 atom stereocenters. The quantitative estimate of drug-likeness (QED) is 0.215. The highest BCUT2D eigenvalue weighted by Gasteiger charge is 2.22. The van der Waals surface area contributed by atoms with Crippen LogP contribution in [-0.2, 0) is 27.8 Å². The van der Waals surface area contributed by atoms with Gasteiger partial charge in [-0.05, 0) is 23.8 Å². The molecule has 1 fully saturated rings. The van der Waals surface area contributed by atoms with Crippen LogP contribution in [0.2, 0.25) is 5.15 Å².